The van der Waals surface area contributed by atoms with Gasteiger partial charge in [-0.2, -0.15) is 5.10 Å². The average molecular weight is 359 g/mol. The molecule has 25 heavy (non-hydrogen) atoms. The van der Waals surface area contributed by atoms with E-state index in [9.17, 15) is 4.79 Å². The number of hydrogen-bond donors (Lipinski definition) is 1. The number of thiazole rings is 1. The molecule has 2 aromatic rings. The van der Waals surface area contributed by atoms with Gasteiger partial charge in [0.2, 0.25) is 0 Å². The van der Waals surface area contributed by atoms with Gasteiger partial charge < -0.3 is 10.2 Å². The summed E-state index contributed by atoms with van der Waals surface area (Å²) < 4.78 is 1.86. The van der Waals surface area contributed by atoms with Gasteiger partial charge >= 0.3 is 0 Å². The van der Waals surface area contributed by atoms with Crippen molar-refractivity contribution < 1.29 is 4.79 Å². The van der Waals surface area contributed by atoms with Crippen molar-refractivity contribution in [3.63, 3.8) is 0 Å². The van der Waals surface area contributed by atoms with Gasteiger partial charge in [-0.25, -0.2) is 4.98 Å². The van der Waals surface area contributed by atoms with E-state index >= 15 is 0 Å². The Labute approximate surface area is 152 Å². The van der Waals surface area contributed by atoms with Gasteiger partial charge in [-0.1, -0.05) is 0 Å². The molecule has 1 amide bonds. The summed E-state index contributed by atoms with van der Waals surface area (Å²) in [6.07, 6.45) is 9.95. The number of aromatic nitrogens is 3. The largest absolute Gasteiger partial charge is 0.337 e. The Bertz CT molecular complexity index is 709. The number of carbonyl (C=O) groups excluding carboxylic acids is 1. The van der Waals surface area contributed by atoms with Crippen LogP contribution in [0.25, 0.3) is 0 Å². The first kappa shape index (κ1) is 16.7. The number of likely N-dealkylation sites (N-methyl/N-ethyl adjacent to an activating group) is 1. The molecule has 1 aliphatic heterocycles. The molecule has 1 aliphatic carbocycles. The van der Waals surface area contributed by atoms with E-state index in [0.29, 0.717) is 6.54 Å². The number of fused-ring (bicyclic) bond motifs is 1. The Balaban J connectivity index is 1.54. The van der Waals surface area contributed by atoms with Crippen LogP contribution in [0.4, 0.5) is 0 Å². The van der Waals surface area contributed by atoms with Crippen LogP contribution >= 0.6 is 11.3 Å². The second-order valence-corrected chi connectivity index (χ2v) is 8.25. The molecule has 0 bridgehead atoms. The summed E-state index contributed by atoms with van der Waals surface area (Å²) in [5.41, 5.74) is 0.691. The van der Waals surface area contributed by atoms with E-state index in [1.807, 2.05) is 28.9 Å². The number of hydrogen-bond acceptors (Lipinski definition) is 5. The molecule has 7 heteroatoms. The van der Waals surface area contributed by atoms with Crippen molar-refractivity contribution in [2.45, 2.75) is 50.6 Å². The minimum atomic E-state index is -0.569. The summed E-state index contributed by atoms with van der Waals surface area (Å²) >= 11 is 1.78. The van der Waals surface area contributed by atoms with Crippen molar-refractivity contribution >= 4 is 17.2 Å². The van der Waals surface area contributed by atoms with Crippen LogP contribution in [0.3, 0.4) is 0 Å². The molecular formula is C18H25N5OS. The fraction of sp³-hybridized carbons (Fsp3) is 0.611. The van der Waals surface area contributed by atoms with E-state index in [2.05, 4.69) is 10.4 Å². The average Bonchev–Trinajstić information content (AvgIpc) is 3.31. The van der Waals surface area contributed by atoms with E-state index in [-0.39, 0.29) is 5.91 Å². The van der Waals surface area contributed by atoms with E-state index in [1.54, 1.807) is 17.5 Å². The Kier molecular flexibility index (Phi) is 4.60. The second-order valence-electron chi connectivity index (χ2n) is 7.08. The normalized spacial score (nSPS) is 19.4. The first-order valence-electron chi connectivity index (χ1n) is 9.13. The molecule has 0 spiro atoms. The molecular weight excluding hydrogens is 334 g/mol. The maximum absolute atomic E-state index is 13.4. The quantitative estimate of drug-likeness (QED) is 0.906. The fourth-order valence-corrected chi connectivity index (χ4v) is 5.22. The lowest BCUT2D eigenvalue weighted by atomic mass is 9.87. The molecule has 2 aliphatic rings. The molecule has 2 aromatic heterocycles. The lowest BCUT2D eigenvalue weighted by molar-refractivity contribution is -0.142. The molecule has 3 heterocycles. The van der Waals surface area contributed by atoms with E-state index in [1.165, 1.54) is 23.4 Å². The third kappa shape index (κ3) is 3.11. The van der Waals surface area contributed by atoms with Crippen molar-refractivity contribution in [2.24, 2.45) is 0 Å². The van der Waals surface area contributed by atoms with Gasteiger partial charge in [-0.05, 0) is 57.7 Å². The SMILES string of the molecule is CN(Cc1nc2c(s1)CCCC2)C(=O)C1(n2cccn2)CCNCC1. The van der Waals surface area contributed by atoms with Crippen molar-refractivity contribution in [3.8, 4) is 0 Å². The number of nitrogens with zero attached hydrogens (tertiary/aromatic N) is 4. The Morgan fingerprint density at radius 2 is 2.16 bits per heavy atom. The predicted molar refractivity (Wildman–Crippen MR) is 97.5 cm³/mol. The Morgan fingerprint density at radius 3 is 2.88 bits per heavy atom. The molecule has 0 atom stereocenters. The summed E-state index contributed by atoms with van der Waals surface area (Å²) in [6, 6.07) is 1.89. The minimum absolute atomic E-state index is 0.144. The van der Waals surface area contributed by atoms with Crippen LogP contribution in [-0.2, 0) is 29.7 Å². The van der Waals surface area contributed by atoms with Crippen LogP contribution in [0.1, 0.15) is 41.3 Å². The molecule has 0 radical (unpaired) electrons. The second kappa shape index (κ2) is 6.88. The number of nitrogens with one attached hydrogen (secondary N) is 1. The zero-order chi connectivity index (χ0) is 17.3. The predicted octanol–water partition coefficient (Wildman–Crippen LogP) is 1.96. The molecule has 134 valence electrons. The molecule has 1 fully saturated rings. The van der Waals surface area contributed by atoms with E-state index in [0.717, 1.165) is 43.8 Å². The van der Waals surface area contributed by atoms with Gasteiger partial charge in [0.15, 0.2) is 0 Å². The molecule has 0 aromatic carbocycles. The van der Waals surface area contributed by atoms with Crippen LogP contribution in [0.2, 0.25) is 0 Å². The highest BCUT2D eigenvalue weighted by Gasteiger charge is 2.43. The van der Waals surface area contributed by atoms with Crippen molar-refractivity contribution in [2.75, 3.05) is 20.1 Å². The highest BCUT2D eigenvalue weighted by atomic mass is 32.1. The molecule has 4 rings (SSSR count). The maximum Gasteiger partial charge on any atom is 0.250 e. The molecule has 1 saturated heterocycles. The van der Waals surface area contributed by atoms with Crippen LogP contribution in [-0.4, -0.2) is 45.7 Å². The van der Waals surface area contributed by atoms with Gasteiger partial charge in [0.05, 0.1) is 12.2 Å². The van der Waals surface area contributed by atoms with Gasteiger partial charge in [0.1, 0.15) is 10.5 Å². The van der Waals surface area contributed by atoms with Crippen LogP contribution < -0.4 is 5.32 Å². The molecule has 6 nitrogen and oxygen atoms in total. The topological polar surface area (TPSA) is 63.1 Å². The number of rotatable bonds is 4. The summed E-state index contributed by atoms with van der Waals surface area (Å²) in [5, 5.41) is 8.82. The Morgan fingerprint density at radius 1 is 1.36 bits per heavy atom. The van der Waals surface area contributed by atoms with E-state index in [4.69, 9.17) is 4.98 Å². The molecule has 1 N–H and O–H groups in total. The summed E-state index contributed by atoms with van der Waals surface area (Å²) in [4.78, 5) is 21.4. The number of aryl methyl sites for hydroxylation is 2. The van der Waals surface area contributed by atoms with E-state index < -0.39 is 5.54 Å². The van der Waals surface area contributed by atoms with Crippen LogP contribution in [0, 0.1) is 0 Å². The highest BCUT2D eigenvalue weighted by Crippen LogP contribution is 2.31. The maximum atomic E-state index is 13.4. The first-order chi connectivity index (χ1) is 12.2. The number of amides is 1. The third-order valence-electron chi connectivity index (χ3n) is 5.38. The van der Waals surface area contributed by atoms with Gasteiger partial charge in [0, 0.05) is 24.3 Å². The van der Waals surface area contributed by atoms with Crippen molar-refractivity contribution in [3.05, 3.63) is 34.0 Å². The summed E-state index contributed by atoms with van der Waals surface area (Å²) in [6.45, 7) is 2.27. The smallest absolute Gasteiger partial charge is 0.250 e. The summed E-state index contributed by atoms with van der Waals surface area (Å²) in [7, 11) is 1.90. The zero-order valence-electron chi connectivity index (χ0n) is 14.7. The highest BCUT2D eigenvalue weighted by molar-refractivity contribution is 7.11. The minimum Gasteiger partial charge on any atom is -0.337 e. The van der Waals surface area contributed by atoms with Gasteiger partial charge in [-0.3, -0.25) is 9.48 Å². The monoisotopic (exact) mass is 359 g/mol. The van der Waals surface area contributed by atoms with Crippen molar-refractivity contribution in [1.29, 1.82) is 0 Å². The van der Waals surface area contributed by atoms with Gasteiger partial charge in [0.25, 0.3) is 5.91 Å². The van der Waals surface area contributed by atoms with Crippen LogP contribution in [0.15, 0.2) is 18.5 Å². The summed E-state index contributed by atoms with van der Waals surface area (Å²) in [5.74, 6) is 0.144. The fourth-order valence-electron chi connectivity index (χ4n) is 4.01. The lowest BCUT2D eigenvalue weighted by Crippen LogP contribution is -2.54. The molecule has 0 saturated carbocycles. The Hall–Kier alpha value is -1.73. The lowest BCUT2D eigenvalue weighted by Gasteiger charge is -2.39. The van der Waals surface area contributed by atoms with Crippen molar-refractivity contribution in [1.82, 2.24) is 25.0 Å². The van der Waals surface area contributed by atoms with Crippen LogP contribution in [0.5, 0.6) is 0 Å². The molecule has 0 unspecified atom stereocenters. The third-order valence-corrected chi connectivity index (χ3v) is 6.52. The van der Waals surface area contributed by atoms with Gasteiger partial charge in [-0.15, -0.1) is 11.3 Å². The number of carbonyl (C=O) groups is 1. The standard InChI is InChI=1S/C18H25N5OS/c1-22(13-16-21-14-5-2-3-6-15(14)25-16)17(24)18(7-10-19-11-8-18)23-12-4-9-20-23/h4,9,12,19H,2-3,5-8,10-11,13H2,1H3. The first-order valence-corrected chi connectivity index (χ1v) is 9.94. The zero-order valence-corrected chi connectivity index (χ0v) is 15.5. The number of piperidine rings is 1.